The van der Waals surface area contributed by atoms with Gasteiger partial charge in [-0.3, -0.25) is 9.00 Å². The van der Waals surface area contributed by atoms with Crippen molar-refractivity contribution in [3.8, 4) is 5.75 Å². The molecule has 0 aliphatic carbocycles. The number of benzene rings is 1. The van der Waals surface area contributed by atoms with Gasteiger partial charge in [0.2, 0.25) is 0 Å². The molecule has 0 spiro atoms. The number of carbonyl (C=O) groups is 1. The molecule has 1 aliphatic heterocycles. The summed E-state index contributed by atoms with van der Waals surface area (Å²) in [5.74, 6) is -3.87. The molecule has 7 heteroatoms. The Balaban J connectivity index is 2.33. The van der Waals surface area contributed by atoms with Crippen LogP contribution in [0, 0.1) is 11.6 Å². The molecule has 1 N–H and O–H groups in total. The van der Waals surface area contributed by atoms with Crippen LogP contribution in [0.2, 0.25) is 0 Å². The summed E-state index contributed by atoms with van der Waals surface area (Å²) in [6.07, 6.45) is 0. The van der Waals surface area contributed by atoms with Gasteiger partial charge < -0.3 is 10.0 Å². The van der Waals surface area contributed by atoms with Crippen LogP contribution in [0.5, 0.6) is 5.75 Å². The average Bonchev–Trinajstić information content (AvgIpc) is 2.40. The molecule has 1 heterocycles. The fourth-order valence-electron chi connectivity index (χ4n) is 2.30. The summed E-state index contributed by atoms with van der Waals surface area (Å²) < 4.78 is 39.2. The number of hydrogen-bond acceptors (Lipinski definition) is 3. The van der Waals surface area contributed by atoms with E-state index in [9.17, 15) is 22.9 Å². The molecule has 2 atom stereocenters. The summed E-state index contributed by atoms with van der Waals surface area (Å²) in [6, 6.07) is 1.71. The number of phenols is 1. The van der Waals surface area contributed by atoms with Crippen molar-refractivity contribution in [2.45, 2.75) is 24.3 Å². The lowest BCUT2D eigenvalue weighted by Gasteiger charge is -2.34. The van der Waals surface area contributed by atoms with Gasteiger partial charge in [0.25, 0.3) is 5.91 Å². The van der Waals surface area contributed by atoms with Crippen LogP contribution in [-0.4, -0.2) is 43.7 Å². The fraction of sp³-hybridized carbons (Fsp3) is 0.462. The smallest absolute Gasteiger partial charge is 0.260 e. The van der Waals surface area contributed by atoms with Gasteiger partial charge in [0.05, 0.1) is 0 Å². The van der Waals surface area contributed by atoms with Gasteiger partial charge in [-0.2, -0.15) is 0 Å². The molecule has 4 nitrogen and oxygen atoms in total. The normalized spacial score (nSPS) is 26.6. The Morgan fingerprint density at radius 2 is 1.85 bits per heavy atom. The highest BCUT2D eigenvalue weighted by molar-refractivity contribution is 7.86. The Bertz CT molecular complexity index is 565. The zero-order chi connectivity index (χ0) is 15.0. The van der Waals surface area contributed by atoms with Gasteiger partial charge in [-0.1, -0.05) is 0 Å². The van der Waals surface area contributed by atoms with Crippen molar-refractivity contribution in [2.24, 2.45) is 0 Å². The monoisotopic (exact) mass is 303 g/mol. The van der Waals surface area contributed by atoms with E-state index >= 15 is 0 Å². The molecule has 0 aromatic heterocycles. The second-order valence-electron chi connectivity index (χ2n) is 4.92. The Hall–Kier alpha value is -1.50. The summed E-state index contributed by atoms with van der Waals surface area (Å²) in [7, 11) is -1.07. The van der Waals surface area contributed by atoms with E-state index in [1.807, 2.05) is 0 Å². The zero-order valence-corrected chi connectivity index (χ0v) is 11.9. The van der Waals surface area contributed by atoms with E-state index < -0.39 is 39.7 Å². The van der Waals surface area contributed by atoms with Crippen LogP contribution in [0.3, 0.4) is 0 Å². The lowest BCUT2D eigenvalue weighted by molar-refractivity contribution is 0.0740. The molecule has 1 aromatic rings. The van der Waals surface area contributed by atoms with Gasteiger partial charge in [0, 0.05) is 34.4 Å². The number of aromatic hydroxyl groups is 1. The highest BCUT2D eigenvalue weighted by Gasteiger charge is 2.34. The summed E-state index contributed by atoms with van der Waals surface area (Å²) in [5.41, 5.74) is -0.767. The molecule has 20 heavy (non-hydrogen) atoms. The van der Waals surface area contributed by atoms with E-state index in [0.717, 1.165) is 12.1 Å². The molecule has 0 bridgehead atoms. The quantitative estimate of drug-likeness (QED) is 0.858. The molecule has 1 saturated heterocycles. The lowest BCUT2D eigenvalue weighted by Crippen LogP contribution is -2.50. The van der Waals surface area contributed by atoms with Crippen LogP contribution in [0.1, 0.15) is 24.2 Å². The van der Waals surface area contributed by atoms with E-state index in [-0.39, 0.29) is 23.6 Å². The van der Waals surface area contributed by atoms with E-state index in [1.165, 1.54) is 4.90 Å². The van der Waals surface area contributed by atoms with E-state index in [0.29, 0.717) is 0 Å². The Kier molecular flexibility index (Phi) is 4.08. The molecular formula is C13H15F2NO3S. The molecular weight excluding hydrogens is 288 g/mol. The van der Waals surface area contributed by atoms with Crippen LogP contribution in [0.15, 0.2) is 12.1 Å². The third-order valence-corrected chi connectivity index (χ3v) is 5.20. The minimum atomic E-state index is -1.26. The number of rotatable bonds is 1. The molecule has 110 valence electrons. The van der Waals surface area contributed by atoms with Gasteiger partial charge >= 0.3 is 0 Å². The lowest BCUT2D eigenvalue weighted by atomic mass is 10.1. The first kappa shape index (κ1) is 14.9. The van der Waals surface area contributed by atoms with Crippen molar-refractivity contribution in [1.82, 2.24) is 4.90 Å². The van der Waals surface area contributed by atoms with Gasteiger partial charge in [-0.15, -0.1) is 0 Å². The van der Waals surface area contributed by atoms with Crippen molar-refractivity contribution in [3.63, 3.8) is 0 Å². The molecule has 1 amide bonds. The molecule has 1 aromatic carbocycles. The highest BCUT2D eigenvalue weighted by Crippen LogP contribution is 2.25. The number of nitrogens with zero attached hydrogens (tertiary/aromatic N) is 1. The maximum absolute atomic E-state index is 13.7. The molecule has 2 unspecified atom stereocenters. The first-order valence-corrected chi connectivity index (χ1v) is 7.46. The molecule has 0 radical (unpaired) electrons. The summed E-state index contributed by atoms with van der Waals surface area (Å²) in [5, 5.41) is 8.74. The number of hydrogen-bond donors (Lipinski definition) is 1. The van der Waals surface area contributed by atoms with E-state index in [4.69, 9.17) is 0 Å². The summed E-state index contributed by atoms with van der Waals surface area (Å²) in [6.45, 7) is 3.79. The zero-order valence-electron chi connectivity index (χ0n) is 11.1. The first-order valence-electron chi connectivity index (χ1n) is 6.18. The standard InChI is InChI=1S/C13H15F2NO3S/c1-7-5-16(6-8(2)20(7)19)13(18)11-9(14)3-4-10(17)12(11)15/h3-4,7-8,17H,5-6H2,1-2H3. The van der Waals surface area contributed by atoms with Crippen LogP contribution in [0.4, 0.5) is 8.78 Å². The Morgan fingerprint density at radius 3 is 2.40 bits per heavy atom. The fourth-order valence-corrected chi connectivity index (χ4v) is 3.75. The largest absolute Gasteiger partial charge is 0.505 e. The van der Waals surface area contributed by atoms with Crippen molar-refractivity contribution in [3.05, 3.63) is 29.3 Å². The summed E-state index contributed by atoms with van der Waals surface area (Å²) in [4.78, 5) is 13.5. The van der Waals surface area contributed by atoms with Gasteiger partial charge in [-0.05, 0) is 26.0 Å². The minimum Gasteiger partial charge on any atom is -0.505 e. The maximum atomic E-state index is 13.7. The Morgan fingerprint density at radius 1 is 1.30 bits per heavy atom. The molecule has 1 fully saturated rings. The van der Waals surface area contributed by atoms with Crippen molar-refractivity contribution >= 4 is 16.7 Å². The number of carbonyl (C=O) groups excluding carboxylic acids is 1. The minimum absolute atomic E-state index is 0.171. The van der Waals surface area contributed by atoms with Crippen LogP contribution >= 0.6 is 0 Å². The van der Waals surface area contributed by atoms with Crippen molar-refractivity contribution in [1.29, 1.82) is 0 Å². The molecule has 2 rings (SSSR count). The third kappa shape index (κ3) is 2.54. The topological polar surface area (TPSA) is 57.6 Å². The predicted molar refractivity (Wildman–Crippen MR) is 71.0 cm³/mol. The van der Waals surface area contributed by atoms with Crippen molar-refractivity contribution < 1.29 is 22.9 Å². The number of amides is 1. The van der Waals surface area contributed by atoms with Crippen LogP contribution < -0.4 is 0 Å². The second kappa shape index (κ2) is 5.47. The number of halogens is 2. The maximum Gasteiger partial charge on any atom is 0.260 e. The first-order chi connectivity index (χ1) is 9.32. The third-order valence-electron chi connectivity index (χ3n) is 3.32. The van der Waals surface area contributed by atoms with Gasteiger partial charge in [0.1, 0.15) is 11.4 Å². The molecule has 1 aliphatic rings. The predicted octanol–water partition coefficient (Wildman–Crippen LogP) is 1.65. The Labute approximate surface area is 117 Å². The average molecular weight is 303 g/mol. The number of phenolic OH excluding ortho intramolecular Hbond substituents is 1. The molecule has 0 saturated carbocycles. The van der Waals surface area contributed by atoms with Crippen LogP contribution in [-0.2, 0) is 10.8 Å². The van der Waals surface area contributed by atoms with Gasteiger partial charge in [0.15, 0.2) is 11.6 Å². The summed E-state index contributed by atoms with van der Waals surface area (Å²) >= 11 is 0. The van der Waals surface area contributed by atoms with E-state index in [2.05, 4.69) is 0 Å². The van der Waals surface area contributed by atoms with Crippen molar-refractivity contribution in [2.75, 3.05) is 13.1 Å². The SMILES string of the molecule is CC1CN(C(=O)c2c(F)ccc(O)c2F)CC(C)S1=O. The second-order valence-corrected chi connectivity index (χ2v) is 7.18. The van der Waals surface area contributed by atoms with E-state index in [1.54, 1.807) is 13.8 Å². The van der Waals surface area contributed by atoms with Crippen LogP contribution in [0.25, 0.3) is 0 Å². The highest BCUT2D eigenvalue weighted by atomic mass is 32.2. The van der Waals surface area contributed by atoms with Gasteiger partial charge in [-0.25, -0.2) is 8.78 Å².